The van der Waals surface area contributed by atoms with Gasteiger partial charge in [0.2, 0.25) is 0 Å². The van der Waals surface area contributed by atoms with E-state index >= 15 is 0 Å². The van der Waals surface area contributed by atoms with Crippen molar-refractivity contribution in [3.63, 3.8) is 0 Å². The zero-order chi connectivity index (χ0) is 18.7. The molecule has 4 fully saturated rings. The summed E-state index contributed by atoms with van der Waals surface area (Å²) >= 11 is 0. The molecule has 0 saturated heterocycles. The van der Waals surface area contributed by atoms with Crippen molar-refractivity contribution in [2.45, 2.75) is 58.8 Å². The molecule has 0 amide bonds. The van der Waals surface area contributed by atoms with Crippen LogP contribution in [-0.2, 0) is 13.3 Å². The van der Waals surface area contributed by atoms with E-state index in [2.05, 4.69) is 0 Å². The lowest BCUT2D eigenvalue weighted by atomic mass is 9.49. The first-order chi connectivity index (χ1) is 13.1. The van der Waals surface area contributed by atoms with Crippen molar-refractivity contribution in [1.82, 2.24) is 0 Å². The minimum Gasteiger partial charge on any atom is -0.480 e. The van der Waals surface area contributed by atoms with E-state index in [0.29, 0.717) is 25.2 Å². The molecule has 0 heterocycles. The van der Waals surface area contributed by atoms with Gasteiger partial charge in [-0.1, -0.05) is 18.2 Å². The Labute approximate surface area is 165 Å². The van der Waals surface area contributed by atoms with Crippen LogP contribution in [0, 0.1) is 23.2 Å². The normalized spacial score (nSPS) is 32.0. The van der Waals surface area contributed by atoms with E-state index in [1.54, 1.807) is 0 Å². The molecular formula is C22H34O4Si. The molecule has 4 aliphatic carbocycles. The van der Waals surface area contributed by atoms with Gasteiger partial charge >= 0.3 is 9.05 Å². The molecule has 5 rings (SSSR count). The molecule has 5 heteroatoms. The topological polar surface area (TPSA) is 36.9 Å². The quantitative estimate of drug-likeness (QED) is 0.515. The second-order valence-corrected chi connectivity index (χ2v) is 10.9. The van der Waals surface area contributed by atoms with Crippen molar-refractivity contribution in [3.8, 4) is 5.75 Å². The van der Waals surface area contributed by atoms with E-state index in [1.807, 2.05) is 44.2 Å². The monoisotopic (exact) mass is 390 g/mol. The van der Waals surface area contributed by atoms with E-state index in [4.69, 9.17) is 17.7 Å². The summed E-state index contributed by atoms with van der Waals surface area (Å²) in [7, 11) is -3.17. The third kappa shape index (κ3) is 4.42. The average molecular weight is 391 g/mol. The van der Waals surface area contributed by atoms with Crippen molar-refractivity contribution in [1.29, 1.82) is 0 Å². The van der Waals surface area contributed by atoms with Crippen LogP contribution in [0.25, 0.3) is 0 Å². The molecule has 0 N–H and O–H groups in total. The van der Waals surface area contributed by atoms with Crippen LogP contribution in [0.1, 0.15) is 58.8 Å². The van der Waals surface area contributed by atoms with Crippen molar-refractivity contribution in [2.24, 2.45) is 23.2 Å². The summed E-state index contributed by atoms with van der Waals surface area (Å²) in [4.78, 5) is 0. The third-order valence-electron chi connectivity index (χ3n) is 6.70. The summed E-state index contributed by atoms with van der Waals surface area (Å²) in [6.45, 7) is 5.66. The molecule has 4 aliphatic rings. The van der Waals surface area contributed by atoms with E-state index in [1.165, 1.54) is 38.5 Å². The lowest BCUT2D eigenvalue weighted by molar-refractivity contribution is -0.0711. The highest BCUT2D eigenvalue weighted by Gasteiger charge is 2.52. The van der Waals surface area contributed by atoms with Crippen LogP contribution in [0.5, 0.6) is 5.75 Å². The molecule has 0 aliphatic heterocycles. The van der Waals surface area contributed by atoms with Crippen LogP contribution < -0.4 is 4.43 Å². The average Bonchev–Trinajstić information content (AvgIpc) is 2.61. The lowest BCUT2D eigenvalue weighted by Crippen LogP contribution is -2.53. The third-order valence-corrected chi connectivity index (χ3v) is 9.03. The summed E-state index contributed by atoms with van der Waals surface area (Å²) in [5, 5.41) is 0. The fraction of sp³-hybridized carbons (Fsp3) is 0.727. The maximum Gasteiger partial charge on any atom is 0.749 e. The molecule has 4 nitrogen and oxygen atoms in total. The highest BCUT2D eigenvalue weighted by atomic mass is 28.4. The van der Waals surface area contributed by atoms with E-state index in [-0.39, 0.29) is 0 Å². The van der Waals surface area contributed by atoms with Crippen LogP contribution >= 0.6 is 0 Å². The molecule has 0 spiro atoms. The van der Waals surface area contributed by atoms with Gasteiger partial charge in [0.1, 0.15) is 5.75 Å². The van der Waals surface area contributed by atoms with Crippen LogP contribution in [0.15, 0.2) is 30.3 Å². The second kappa shape index (κ2) is 8.24. The highest BCUT2D eigenvalue weighted by molar-refractivity contribution is 6.54. The van der Waals surface area contributed by atoms with Crippen LogP contribution in [0.4, 0.5) is 0 Å². The largest absolute Gasteiger partial charge is 0.749 e. The summed E-state index contributed by atoms with van der Waals surface area (Å²) in [6, 6.07) is 9.76. The van der Waals surface area contributed by atoms with Crippen molar-refractivity contribution in [2.75, 3.05) is 19.8 Å². The molecule has 27 heavy (non-hydrogen) atoms. The van der Waals surface area contributed by atoms with Gasteiger partial charge in [0.25, 0.3) is 0 Å². The first kappa shape index (κ1) is 19.4. The molecular weight excluding hydrogens is 356 g/mol. The van der Waals surface area contributed by atoms with Crippen molar-refractivity contribution in [3.05, 3.63) is 30.3 Å². The van der Waals surface area contributed by atoms with Gasteiger partial charge in [0.05, 0.1) is 0 Å². The molecule has 4 bridgehead atoms. The van der Waals surface area contributed by atoms with Gasteiger partial charge in [-0.3, -0.25) is 0 Å². The van der Waals surface area contributed by atoms with Gasteiger partial charge in [-0.25, -0.2) is 0 Å². The second-order valence-electron chi connectivity index (χ2n) is 8.80. The molecule has 0 unspecified atom stereocenters. The Morgan fingerprint density at radius 3 is 1.93 bits per heavy atom. The summed E-state index contributed by atoms with van der Waals surface area (Å²) in [5.74, 6) is 3.66. The SMILES string of the molecule is CCO[Si](OCC)(OCCC12CC3CC(CC(C3)C1)C2)Oc1ccccc1. The Morgan fingerprint density at radius 1 is 0.852 bits per heavy atom. The Bertz CT molecular complexity index is 564. The molecule has 1 aromatic carbocycles. The zero-order valence-corrected chi connectivity index (χ0v) is 17.8. The lowest BCUT2D eigenvalue weighted by Gasteiger charge is -2.57. The maximum absolute atomic E-state index is 6.33. The van der Waals surface area contributed by atoms with Gasteiger partial charge in [-0.2, -0.15) is 0 Å². The van der Waals surface area contributed by atoms with Crippen LogP contribution in [0.2, 0.25) is 0 Å². The van der Waals surface area contributed by atoms with Gasteiger partial charge in [0, 0.05) is 19.8 Å². The predicted molar refractivity (Wildman–Crippen MR) is 107 cm³/mol. The van der Waals surface area contributed by atoms with E-state index in [0.717, 1.165) is 29.9 Å². The van der Waals surface area contributed by atoms with Gasteiger partial charge in [-0.05, 0) is 94.1 Å². The maximum atomic E-state index is 6.33. The number of para-hydroxylation sites is 1. The minimum absolute atomic E-state index is 0.500. The fourth-order valence-corrected chi connectivity index (χ4v) is 8.10. The van der Waals surface area contributed by atoms with Crippen molar-refractivity contribution < 1.29 is 17.7 Å². The van der Waals surface area contributed by atoms with Crippen LogP contribution in [-0.4, -0.2) is 28.9 Å². The Hall–Kier alpha value is -0.883. The molecule has 0 aromatic heterocycles. The van der Waals surface area contributed by atoms with E-state index in [9.17, 15) is 0 Å². The minimum atomic E-state index is -3.17. The summed E-state index contributed by atoms with van der Waals surface area (Å²) < 4.78 is 24.4. The zero-order valence-electron chi connectivity index (χ0n) is 16.8. The van der Waals surface area contributed by atoms with Crippen molar-refractivity contribution >= 4 is 9.05 Å². The van der Waals surface area contributed by atoms with Gasteiger partial charge in [0.15, 0.2) is 0 Å². The van der Waals surface area contributed by atoms with Crippen LogP contribution in [0.3, 0.4) is 0 Å². The number of benzene rings is 1. The Balaban J connectivity index is 1.41. The standard InChI is InChI=1S/C22H34O4Si/c1-3-23-27(24-4-2,26-21-8-6-5-7-9-21)25-11-10-22-15-18-12-19(16-22)14-20(13-18)17-22/h5-9,18-20H,3-4,10-17H2,1-2H3. The molecule has 0 radical (unpaired) electrons. The first-order valence-corrected chi connectivity index (χ1v) is 12.4. The smallest absolute Gasteiger partial charge is 0.480 e. The molecule has 1 aromatic rings. The predicted octanol–water partition coefficient (Wildman–Crippen LogP) is 5.20. The number of rotatable bonds is 10. The Morgan fingerprint density at radius 2 is 1.41 bits per heavy atom. The molecule has 0 atom stereocenters. The van der Waals surface area contributed by atoms with E-state index < -0.39 is 9.05 Å². The van der Waals surface area contributed by atoms with Gasteiger partial charge in [-0.15, -0.1) is 0 Å². The Kier molecular flexibility index (Phi) is 5.93. The van der Waals surface area contributed by atoms with Gasteiger partial charge < -0.3 is 17.7 Å². The molecule has 4 saturated carbocycles. The molecule has 150 valence electrons. The number of hydrogen-bond donors (Lipinski definition) is 0. The summed E-state index contributed by atoms with van der Waals surface area (Å²) in [6.07, 6.45) is 9.76. The fourth-order valence-electron chi connectivity index (χ4n) is 6.19. The first-order valence-electron chi connectivity index (χ1n) is 10.8. The summed E-state index contributed by atoms with van der Waals surface area (Å²) in [5.41, 5.74) is 0.500. The number of hydrogen-bond acceptors (Lipinski definition) is 4. The highest BCUT2D eigenvalue weighted by Crippen LogP contribution is 2.61.